The lowest BCUT2D eigenvalue weighted by molar-refractivity contribution is 0.935. The molecule has 3 rings (SSSR count). The molecule has 0 amide bonds. The summed E-state index contributed by atoms with van der Waals surface area (Å²) in [6, 6.07) is 8.15. The van der Waals surface area contributed by atoms with Gasteiger partial charge in [0.2, 0.25) is 0 Å². The molecule has 3 heteroatoms. The Labute approximate surface area is 107 Å². The number of nitrogen functional groups attached to an aromatic ring is 1. The highest BCUT2D eigenvalue weighted by atomic mass is 15.0. The van der Waals surface area contributed by atoms with Crippen molar-refractivity contribution in [2.24, 2.45) is 0 Å². The fourth-order valence-corrected chi connectivity index (χ4v) is 2.18. The molecule has 92 valence electrons. The van der Waals surface area contributed by atoms with Crippen LogP contribution < -0.4 is 5.73 Å². The Balaban J connectivity index is 2.13. The second-order valence-electron chi connectivity index (χ2n) is 5.06. The van der Waals surface area contributed by atoms with Gasteiger partial charge in [0.15, 0.2) is 0 Å². The second-order valence-corrected chi connectivity index (χ2v) is 5.06. The molecule has 1 heterocycles. The minimum absolute atomic E-state index is 0.525. The molecule has 1 aliphatic carbocycles. The van der Waals surface area contributed by atoms with E-state index in [1.54, 1.807) is 0 Å². The number of nitrogens with two attached hydrogens (primary N) is 1. The van der Waals surface area contributed by atoms with Gasteiger partial charge < -0.3 is 5.73 Å². The SMILES string of the molecule is Cc1cccc(-c2cc(N)nc(C3CC3)n2)c1C. The van der Waals surface area contributed by atoms with Gasteiger partial charge in [-0.25, -0.2) is 9.97 Å². The average Bonchev–Trinajstić information content (AvgIpc) is 3.16. The summed E-state index contributed by atoms with van der Waals surface area (Å²) in [7, 11) is 0. The first kappa shape index (κ1) is 11.2. The van der Waals surface area contributed by atoms with Crippen LogP contribution in [0.25, 0.3) is 11.3 Å². The Bertz CT molecular complexity index is 601. The summed E-state index contributed by atoms with van der Waals surface area (Å²) in [6.07, 6.45) is 2.38. The molecular weight excluding hydrogens is 222 g/mol. The van der Waals surface area contributed by atoms with Crippen LogP contribution in [0.2, 0.25) is 0 Å². The van der Waals surface area contributed by atoms with Crippen LogP contribution in [-0.2, 0) is 0 Å². The van der Waals surface area contributed by atoms with E-state index in [1.807, 2.05) is 6.07 Å². The topological polar surface area (TPSA) is 51.8 Å². The maximum absolute atomic E-state index is 5.90. The van der Waals surface area contributed by atoms with E-state index < -0.39 is 0 Å². The molecule has 0 bridgehead atoms. The smallest absolute Gasteiger partial charge is 0.134 e. The summed E-state index contributed by atoms with van der Waals surface area (Å²) in [5.74, 6) is 2.01. The van der Waals surface area contributed by atoms with Crippen LogP contribution in [0, 0.1) is 13.8 Å². The van der Waals surface area contributed by atoms with Crippen molar-refractivity contribution in [3.05, 3.63) is 41.2 Å². The van der Waals surface area contributed by atoms with Gasteiger partial charge in [-0.05, 0) is 37.8 Å². The first-order chi connectivity index (χ1) is 8.65. The second kappa shape index (κ2) is 4.09. The summed E-state index contributed by atoms with van der Waals surface area (Å²) in [5, 5.41) is 0. The molecule has 0 saturated heterocycles. The highest BCUT2D eigenvalue weighted by Crippen LogP contribution is 2.39. The summed E-state index contributed by atoms with van der Waals surface area (Å²) in [5.41, 5.74) is 10.5. The standard InChI is InChI=1S/C15H17N3/c1-9-4-3-5-12(10(9)2)13-8-14(16)18-15(17-13)11-6-7-11/h3-5,8,11H,6-7H2,1-2H3,(H2,16,17,18). The third-order valence-electron chi connectivity index (χ3n) is 3.59. The third-order valence-corrected chi connectivity index (χ3v) is 3.59. The van der Waals surface area contributed by atoms with E-state index in [2.05, 4.69) is 42.0 Å². The van der Waals surface area contributed by atoms with Gasteiger partial charge in [-0.3, -0.25) is 0 Å². The van der Waals surface area contributed by atoms with Crippen molar-refractivity contribution in [2.75, 3.05) is 5.73 Å². The molecule has 1 aromatic carbocycles. The first-order valence-electron chi connectivity index (χ1n) is 6.36. The normalized spacial score (nSPS) is 14.8. The Morgan fingerprint density at radius 2 is 1.94 bits per heavy atom. The number of anilines is 1. The molecule has 1 aliphatic rings. The average molecular weight is 239 g/mol. The van der Waals surface area contributed by atoms with Gasteiger partial charge in [0.05, 0.1) is 5.69 Å². The lowest BCUT2D eigenvalue weighted by Crippen LogP contribution is -2.01. The van der Waals surface area contributed by atoms with Crippen molar-refractivity contribution >= 4 is 5.82 Å². The van der Waals surface area contributed by atoms with E-state index in [-0.39, 0.29) is 0 Å². The van der Waals surface area contributed by atoms with E-state index in [9.17, 15) is 0 Å². The van der Waals surface area contributed by atoms with Crippen LogP contribution in [0.4, 0.5) is 5.82 Å². The van der Waals surface area contributed by atoms with Crippen molar-refractivity contribution < 1.29 is 0 Å². The van der Waals surface area contributed by atoms with Crippen molar-refractivity contribution in [3.63, 3.8) is 0 Å². The van der Waals surface area contributed by atoms with E-state index >= 15 is 0 Å². The Kier molecular flexibility index (Phi) is 2.54. The lowest BCUT2D eigenvalue weighted by Gasteiger charge is -2.09. The zero-order chi connectivity index (χ0) is 12.7. The molecule has 1 saturated carbocycles. The molecule has 1 aromatic heterocycles. The maximum atomic E-state index is 5.90. The van der Waals surface area contributed by atoms with Gasteiger partial charge in [-0.15, -0.1) is 0 Å². The number of aromatic nitrogens is 2. The van der Waals surface area contributed by atoms with Crippen molar-refractivity contribution in [3.8, 4) is 11.3 Å². The largest absolute Gasteiger partial charge is 0.384 e. The third kappa shape index (κ3) is 1.96. The first-order valence-corrected chi connectivity index (χ1v) is 6.36. The molecule has 2 aromatic rings. The molecule has 1 fully saturated rings. The minimum atomic E-state index is 0.525. The fraction of sp³-hybridized carbons (Fsp3) is 0.333. The Morgan fingerprint density at radius 1 is 1.17 bits per heavy atom. The number of nitrogens with zero attached hydrogens (tertiary/aromatic N) is 2. The number of benzene rings is 1. The van der Waals surface area contributed by atoms with Crippen molar-refractivity contribution in [1.82, 2.24) is 9.97 Å². The van der Waals surface area contributed by atoms with Crippen LogP contribution in [0.3, 0.4) is 0 Å². The van der Waals surface area contributed by atoms with Gasteiger partial charge in [0, 0.05) is 17.5 Å². The van der Waals surface area contributed by atoms with Gasteiger partial charge in [-0.2, -0.15) is 0 Å². The fourth-order valence-electron chi connectivity index (χ4n) is 2.18. The molecule has 3 nitrogen and oxygen atoms in total. The number of hydrogen-bond acceptors (Lipinski definition) is 3. The van der Waals surface area contributed by atoms with Gasteiger partial charge >= 0.3 is 0 Å². The number of rotatable bonds is 2. The zero-order valence-electron chi connectivity index (χ0n) is 10.8. The van der Waals surface area contributed by atoms with Crippen LogP contribution in [0.1, 0.15) is 35.7 Å². The van der Waals surface area contributed by atoms with Crippen LogP contribution in [0.15, 0.2) is 24.3 Å². The van der Waals surface area contributed by atoms with Gasteiger partial charge in [0.25, 0.3) is 0 Å². The van der Waals surface area contributed by atoms with Crippen molar-refractivity contribution in [1.29, 1.82) is 0 Å². The molecular formula is C15H17N3. The number of hydrogen-bond donors (Lipinski definition) is 1. The van der Waals surface area contributed by atoms with Crippen LogP contribution in [-0.4, -0.2) is 9.97 Å². The Hall–Kier alpha value is -1.90. The predicted molar refractivity (Wildman–Crippen MR) is 73.3 cm³/mol. The van der Waals surface area contributed by atoms with Crippen molar-refractivity contribution in [2.45, 2.75) is 32.6 Å². The van der Waals surface area contributed by atoms with E-state index in [1.165, 1.54) is 24.0 Å². The summed E-state index contributed by atoms with van der Waals surface area (Å²) < 4.78 is 0. The molecule has 0 atom stereocenters. The van der Waals surface area contributed by atoms with Gasteiger partial charge in [-0.1, -0.05) is 18.2 Å². The quantitative estimate of drug-likeness (QED) is 0.875. The molecule has 0 spiro atoms. The van der Waals surface area contributed by atoms with Crippen LogP contribution in [0.5, 0.6) is 0 Å². The molecule has 18 heavy (non-hydrogen) atoms. The van der Waals surface area contributed by atoms with E-state index in [4.69, 9.17) is 5.73 Å². The summed E-state index contributed by atoms with van der Waals surface area (Å²) >= 11 is 0. The zero-order valence-corrected chi connectivity index (χ0v) is 10.8. The van der Waals surface area contributed by atoms with E-state index in [0.29, 0.717) is 11.7 Å². The predicted octanol–water partition coefficient (Wildman–Crippen LogP) is 3.22. The lowest BCUT2D eigenvalue weighted by atomic mass is 10.0. The monoisotopic (exact) mass is 239 g/mol. The Morgan fingerprint density at radius 3 is 2.67 bits per heavy atom. The molecule has 2 N–H and O–H groups in total. The van der Waals surface area contributed by atoms with Gasteiger partial charge in [0.1, 0.15) is 11.6 Å². The molecule has 0 unspecified atom stereocenters. The molecule has 0 radical (unpaired) electrons. The van der Waals surface area contributed by atoms with E-state index in [0.717, 1.165) is 17.1 Å². The highest BCUT2D eigenvalue weighted by molar-refractivity contribution is 5.67. The highest BCUT2D eigenvalue weighted by Gasteiger charge is 2.27. The number of aryl methyl sites for hydroxylation is 1. The minimum Gasteiger partial charge on any atom is -0.384 e. The summed E-state index contributed by atoms with van der Waals surface area (Å²) in [6.45, 7) is 4.24. The summed E-state index contributed by atoms with van der Waals surface area (Å²) in [4.78, 5) is 9.02. The molecule has 0 aliphatic heterocycles. The maximum Gasteiger partial charge on any atom is 0.134 e. The van der Waals surface area contributed by atoms with Crippen LogP contribution >= 0.6 is 0 Å².